The molecule has 7 heteroatoms. The SMILES string of the molecule is COc1ccc(C)cc1NC(=O)[C@]12CCC(=O)N1c1ccccc1C(=O)N2Cc1ccccc1. The maximum absolute atomic E-state index is 14.1. The molecule has 3 aromatic rings. The molecular weight excluding hydrogens is 430 g/mol. The van der Waals surface area contributed by atoms with Crippen LogP contribution >= 0.6 is 0 Å². The Hall–Kier alpha value is -4.13. The number of methoxy groups -OCH3 is 1. The third-order valence-electron chi connectivity index (χ3n) is 6.52. The number of amides is 3. The van der Waals surface area contributed by atoms with Crippen LogP contribution in [0.2, 0.25) is 0 Å². The molecule has 0 aromatic heterocycles. The van der Waals surface area contributed by atoms with Gasteiger partial charge in [0.05, 0.1) is 24.0 Å². The fraction of sp³-hybridized carbons (Fsp3) is 0.222. The molecule has 1 fully saturated rings. The first-order valence-corrected chi connectivity index (χ1v) is 11.2. The van der Waals surface area contributed by atoms with Crippen LogP contribution in [0.3, 0.4) is 0 Å². The Kier molecular flexibility index (Phi) is 5.32. The molecule has 2 aliphatic heterocycles. The van der Waals surface area contributed by atoms with Gasteiger partial charge >= 0.3 is 0 Å². The quantitative estimate of drug-likeness (QED) is 0.628. The second kappa shape index (κ2) is 8.33. The summed E-state index contributed by atoms with van der Waals surface area (Å²) < 4.78 is 5.44. The van der Waals surface area contributed by atoms with Crippen molar-refractivity contribution < 1.29 is 19.1 Å². The molecule has 1 N–H and O–H groups in total. The van der Waals surface area contributed by atoms with Crippen LogP contribution in [0.4, 0.5) is 11.4 Å². The number of carbonyl (C=O) groups excluding carboxylic acids is 3. The van der Waals surface area contributed by atoms with Crippen molar-refractivity contribution in [2.45, 2.75) is 32.0 Å². The van der Waals surface area contributed by atoms with Gasteiger partial charge in [-0.2, -0.15) is 0 Å². The molecule has 172 valence electrons. The third-order valence-corrected chi connectivity index (χ3v) is 6.52. The van der Waals surface area contributed by atoms with Crippen molar-refractivity contribution in [1.29, 1.82) is 0 Å². The Morgan fingerprint density at radius 2 is 1.76 bits per heavy atom. The van der Waals surface area contributed by atoms with Gasteiger partial charge in [-0.1, -0.05) is 48.5 Å². The minimum atomic E-state index is -1.49. The Morgan fingerprint density at radius 3 is 2.53 bits per heavy atom. The van der Waals surface area contributed by atoms with E-state index in [0.717, 1.165) is 11.1 Å². The molecule has 2 aliphatic rings. The number of rotatable bonds is 5. The lowest BCUT2D eigenvalue weighted by Crippen LogP contribution is -2.69. The van der Waals surface area contributed by atoms with E-state index in [9.17, 15) is 14.4 Å². The molecule has 7 nitrogen and oxygen atoms in total. The van der Waals surface area contributed by atoms with Gasteiger partial charge in [0.15, 0.2) is 0 Å². The van der Waals surface area contributed by atoms with E-state index in [4.69, 9.17) is 4.74 Å². The first-order chi connectivity index (χ1) is 16.5. The van der Waals surface area contributed by atoms with Gasteiger partial charge in [0.2, 0.25) is 11.6 Å². The van der Waals surface area contributed by atoms with Crippen molar-refractivity contribution in [1.82, 2.24) is 4.90 Å². The number of aryl methyl sites for hydroxylation is 1. The maximum atomic E-state index is 14.1. The van der Waals surface area contributed by atoms with E-state index in [1.807, 2.05) is 49.4 Å². The molecule has 0 unspecified atom stereocenters. The highest BCUT2D eigenvalue weighted by Crippen LogP contribution is 2.46. The third kappa shape index (κ3) is 3.32. The predicted octanol–water partition coefficient (Wildman–Crippen LogP) is 4.12. The van der Waals surface area contributed by atoms with Crippen LogP contribution in [0.25, 0.3) is 0 Å². The smallest absolute Gasteiger partial charge is 0.271 e. The van der Waals surface area contributed by atoms with Crippen molar-refractivity contribution in [2.24, 2.45) is 0 Å². The molecule has 2 heterocycles. The molecule has 34 heavy (non-hydrogen) atoms. The van der Waals surface area contributed by atoms with E-state index in [1.165, 1.54) is 16.9 Å². The number of nitrogens with zero attached hydrogens (tertiary/aromatic N) is 2. The van der Waals surface area contributed by atoms with Crippen LogP contribution in [0.5, 0.6) is 5.75 Å². The number of hydrogen-bond acceptors (Lipinski definition) is 4. The molecule has 0 saturated carbocycles. The summed E-state index contributed by atoms with van der Waals surface area (Å²) in [5, 5.41) is 2.97. The Bertz CT molecular complexity index is 1290. The Morgan fingerprint density at radius 1 is 1.03 bits per heavy atom. The molecule has 0 radical (unpaired) electrons. The highest BCUT2D eigenvalue weighted by Gasteiger charge is 2.60. The standard InChI is InChI=1S/C27H25N3O4/c1-18-12-13-23(34-2)21(16-18)28-26(33)27-15-14-24(31)30(27)22-11-7-6-10-20(22)25(32)29(27)17-19-8-4-3-5-9-19/h3-13,16H,14-15,17H2,1-2H3,(H,28,33)/t27-/m0/s1. The summed E-state index contributed by atoms with van der Waals surface area (Å²) in [5.41, 5.74) is 1.68. The second-order valence-corrected chi connectivity index (χ2v) is 8.60. The van der Waals surface area contributed by atoms with Gasteiger partial charge in [0, 0.05) is 19.4 Å². The summed E-state index contributed by atoms with van der Waals surface area (Å²) in [7, 11) is 1.53. The normalized spacial score (nSPS) is 19.0. The monoisotopic (exact) mass is 455 g/mol. The zero-order chi connectivity index (χ0) is 23.9. The fourth-order valence-corrected chi connectivity index (χ4v) is 4.91. The van der Waals surface area contributed by atoms with Gasteiger partial charge < -0.3 is 15.0 Å². The zero-order valence-corrected chi connectivity index (χ0v) is 19.1. The average Bonchev–Trinajstić information content (AvgIpc) is 3.21. The zero-order valence-electron chi connectivity index (χ0n) is 19.1. The van der Waals surface area contributed by atoms with Crippen LogP contribution < -0.4 is 15.0 Å². The number of anilines is 2. The molecule has 3 amide bonds. The van der Waals surface area contributed by atoms with Crippen molar-refractivity contribution in [3.63, 3.8) is 0 Å². The number of benzene rings is 3. The highest BCUT2D eigenvalue weighted by molar-refractivity contribution is 6.18. The largest absolute Gasteiger partial charge is 0.495 e. The first-order valence-electron chi connectivity index (χ1n) is 11.2. The van der Waals surface area contributed by atoms with E-state index in [1.54, 1.807) is 30.3 Å². The second-order valence-electron chi connectivity index (χ2n) is 8.60. The van der Waals surface area contributed by atoms with Crippen LogP contribution in [0.15, 0.2) is 72.8 Å². The van der Waals surface area contributed by atoms with Gasteiger partial charge in [-0.15, -0.1) is 0 Å². The number of para-hydroxylation sites is 1. The fourth-order valence-electron chi connectivity index (χ4n) is 4.91. The predicted molar refractivity (Wildman–Crippen MR) is 129 cm³/mol. The summed E-state index contributed by atoms with van der Waals surface area (Å²) in [6, 6.07) is 21.9. The van der Waals surface area contributed by atoms with Crippen LogP contribution in [-0.4, -0.2) is 35.4 Å². The van der Waals surface area contributed by atoms with Crippen molar-refractivity contribution in [3.8, 4) is 5.75 Å². The summed E-state index contributed by atoms with van der Waals surface area (Å²) >= 11 is 0. The summed E-state index contributed by atoms with van der Waals surface area (Å²) in [4.78, 5) is 44.1. The Balaban J connectivity index is 1.65. The van der Waals surface area contributed by atoms with Crippen molar-refractivity contribution in [3.05, 3.63) is 89.5 Å². The summed E-state index contributed by atoms with van der Waals surface area (Å²) in [5.74, 6) is -0.412. The van der Waals surface area contributed by atoms with Crippen molar-refractivity contribution in [2.75, 3.05) is 17.3 Å². The van der Waals surface area contributed by atoms with Gasteiger partial charge in [-0.05, 0) is 42.3 Å². The highest BCUT2D eigenvalue weighted by atomic mass is 16.5. The average molecular weight is 456 g/mol. The lowest BCUT2D eigenvalue weighted by Gasteiger charge is -2.49. The maximum Gasteiger partial charge on any atom is 0.271 e. The molecule has 0 aliphatic carbocycles. The van der Waals surface area contributed by atoms with Crippen LogP contribution in [0.1, 0.15) is 34.3 Å². The van der Waals surface area contributed by atoms with E-state index in [-0.39, 0.29) is 31.2 Å². The molecule has 0 bridgehead atoms. The molecule has 1 atom stereocenters. The number of carbonyl (C=O) groups is 3. The number of ether oxygens (including phenoxy) is 1. The van der Waals surface area contributed by atoms with Crippen LogP contribution in [-0.2, 0) is 16.1 Å². The van der Waals surface area contributed by atoms with E-state index < -0.39 is 11.6 Å². The van der Waals surface area contributed by atoms with Gasteiger partial charge in [0.25, 0.3) is 11.8 Å². The summed E-state index contributed by atoms with van der Waals surface area (Å²) in [6.45, 7) is 2.11. The van der Waals surface area contributed by atoms with Gasteiger partial charge in [-0.3, -0.25) is 19.3 Å². The minimum Gasteiger partial charge on any atom is -0.495 e. The van der Waals surface area contributed by atoms with Crippen LogP contribution in [0, 0.1) is 6.92 Å². The topological polar surface area (TPSA) is 79.0 Å². The lowest BCUT2D eigenvalue weighted by molar-refractivity contribution is -0.129. The molecule has 0 spiro atoms. The number of nitrogens with one attached hydrogen (secondary N) is 1. The van der Waals surface area contributed by atoms with Gasteiger partial charge in [-0.25, -0.2) is 0 Å². The number of hydrogen-bond donors (Lipinski definition) is 1. The lowest BCUT2D eigenvalue weighted by atomic mass is 9.94. The molecule has 3 aromatic carbocycles. The van der Waals surface area contributed by atoms with E-state index >= 15 is 0 Å². The first kappa shape index (κ1) is 21.7. The van der Waals surface area contributed by atoms with E-state index in [0.29, 0.717) is 22.7 Å². The molecule has 1 saturated heterocycles. The molecule has 5 rings (SSSR count). The number of fused-ring (bicyclic) bond motifs is 3. The van der Waals surface area contributed by atoms with E-state index in [2.05, 4.69) is 5.32 Å². The van der Waals surface area contributed by atoms with Gasteiger partial charge in [0.1, 0.15) is 5.75 Å². The molecular formula is C27H25N3O4. The summed E-state index contributed by atoms with van der Waals surface area (Å²) in [6.07, 6.45) is 0.351. The Labute approximate surface area is 197 Å². The van der Waals surface area contributed by atoms with Crippen molar-refractivity contribution >= 4 is 29.1 Å². The minimum absolute atomic E-state index is 0.158.